The lowest BCUT2D eigenvalue weighted by molar-refractivity contribution is 0.0874. The monoisotopic (exact) mass is 378 g/mol. The van der Waals surface area contributed by atoms with Crippen LogP contribution in [0.15, 0.2) is 43.0 Å². The Morgan fingerprint density at radius 2 is 2.04 bits per heavy atom. The number of aryl methyl sites for hydroxylation is 2. The summed E-state index contributed by atoms with van der Waals surface area (Å²) in [7, 11) is 1.92. The number of imidazole rings is 1. The summed E-state index contributed by atoms with van der Waals surface area (Å²) < 4.78 is 1.89. The van der Waals surface area contributed by atoms with Gasteiger partial charge in [0.2, 0.25) is 0 Å². The van der Waals surface area contributed by atoms with Gasteiger partial charge in [-0.3, -0.25) is 4.98 Å². The topological polar surface area (TPSA) is 80.0 Å². The number of piperidine rings is 1. The van der Waals surface area contributed by atoms with Gasteiger partial charge >= 0.3 is 0 Å². The predicted molar refractivity (Wildman–Crippen MR) is 108 cm³/mol. The van der Waals surface area contributed by atoms with E-state index in [-0.39, 0.29) is 5.92 Å². The molecule has 0 spiro atoms. The highest BCUT2D eigenvalue weighted by atomic mass is 16.3. The summed E-state index contributed by atoms with van der Waals surface area (Å²) in [5, 5.41) is 10.9. The summed E-state index contributed by atoms with van der Waals surface area (Å²) in [6.07, 6.45) is 9.40. The molecule has 0 saturated carbocycles. The third-order valence-corrected chi connectivity index (χ3v) is 5.42. The Labute approximate surface area is 165 Å². The number of rotatable bonds is 5. The molecule has 2 atom stereocenters. The molecule has 1 aliphatic rings. The second kappa shape index (κ2) is 8.06. The van der Waals surface area contributed by atoms with E-state index in [0.717, 1.165) is 61.1 Å². The molecule has 1 aliphatic heterocycles. The molecule has 0 radical (unpaired) electrons. The zero-order chi connectivity index (χ0) is 19.5. The molecular formula is C21H26N6O. The zero-order valence-electron chi connectivity index (χ0n) is 16.4. The first-order valence-corrected chi connectivity index (χ1v) is 9.84. The number of hydrogen-bond acceptors (Lipinski definition) is 6. The molecule has 4 rings (SSSR count). The molecule has 3 aromatic heterocycles. The maximum atomic E-state index is 10.9. The molecule has 7 nitrogen and oxygen atoms in total. The minimum Gasteiger partial charge on any atom is -0.385 e. The predicted octanol–water partition coefficient (Wildman–Crippen LogP) is 2.78. The first-order valence-electron chi connectivity index (χ1n) is 9.84. The smallest absolute Gasteiger partial charge is 0.161 e. The van der Waals surface area contributed by atoms with Crippen LogP contribution in [0.25, 0.3) is 11.4 Å². The third-order valence-electron chi connectivity index (χ3n) is 5.42. The van der Waals surface area contributed by atoms with E-state index < -0.39 is 6.10 Å². The lowest BCUT2D eigenvalue weighted by atomic mass is 9.92. The summed E-state index contributed by atoms with van der Waals surface area (Å²) in [6, 6.07) is 5.94. The van der Waals surface area contributed by atoms with Crippen molar-refractivity contribution < 1.29 is 5.11 Å². The molecule has 0 amide bonds. The highest BCUT2D eigenvalue weighted by molar-refractivity contribution is 5.57. The van der Waals surface area contributed by atoms with E-state index >= 15 is 0 Å². The molecule has 4 heterocycles. The largest absolute Gasteiger partial charge is 0.385 e. The van der Waals surface area contributed by atoms with Crippen molar-refractivity contribution >= 4 is 5.82 Å². The molecule has 1 saturated heterocycles. The van der Waals surface area contributed by atoms with Crippen LogP contribution in [-0.4, -0.2) is 42.7 Å². The molecule has 0 aliphatic carbocycles. The van der Waals surface area contributed by atoms with Gasteiger partial charge in [-0.15, -0.1) is 0 Å². The van der Waals surface area contributed by atoms with Gasteiger partial charge in [-0.05, 0) is 31.4 Å². The van der Waals surface area contributed by atoms with Gasteiger partial charge in [-0.2, -0.15) is 0 Å². The highest BCUT2D eigenvalue weighted by Crippen LogP contribution is 2.31. The van der Waals surface area contributed by atoms with Gasteiger partial charge in [-0.25, -0.2) is 15.0 Å². The van der Waals surface area contributed by atoms with Crippen LogP contribution >= 0.6 is 0 Å². The Kier molecular flexibility index (Phi) is 5.34. The molecule has 0 bridgehead atoms. The van der Waals surface area contributed by atoms with Gasteiger partial charge in [0, 0.05) is 68.2 Å². The summed E-state index contributed by atoms with van der Waals surface area (Å²) in [5.41, 5.74) is 1.98. The molecule has 1 fully saturated rings. The highest BCUT2D eigenvalue weighted by Gasteiger charge is 2.30. The van der Waals surface area contributed by atoms with Gasteiger partial charge in [0.25, 0.3) is 0 Å². The summed E-state index contributed by atoms with van der Waals surface area (Å²) in [6.45, 7) is 3.79. The Bertz CT molecular complexity index is 926. The summed E-state index contributed by atoms with van der Waals surface area (Å²) in [5.74, 6) is 2.50. The van der Waals surface area contributed by atoms with Crippen molar-refractivity contribution in [1.29, 1.82) is 0 Å². The van der Waals surface area contributed by atoms with E-state index in [9.17, 15) is 5.11 Å². The molecule has 146 valence electrons. The fourth-order valence-electron chi connectivity index (χ4n) is 3.81. The van der Waals surface area contributed by atoms with E-state index in [0.29, 0.717) is 0 Å². The van der Waals surface area contributed by atoms with Crippen molar-refractivity contribution in [3.63, 3.8) is 0 Å². The first-order chi connectivity index (χ1) is 13.7. The second-order valence-corrected chi connectivity index (χ2v) is 7.32. The molecular weight excluding hydrogens is 352 g/mol. The molecule has 0 aromatic carbocycles. The van der Waals surface area contributed by atoms with Gasteiger partial charge in [0.05, 0.1) is 0 Å². The normalized spacial score (nSPS) is 18.2. The van der Waals surface area contributed by atoms with E-state index in [1.807, 2.05) is 29.9 Å². The summed E-state index contributed by atoms with van der Waals surface area (Å²) >= 11 is 0. The van der Waals surface area contributed by atoms with Crippen molar-refractivity contribution in [3.05, 3.63) is 54.5 Å². The van der Waals surface area contributed by atoms with Crippen LogP contribution < -0.4 is 4.90 Å². The van der Waals surface area contributed by atoms with Gasteiger partial charge in [0.1, 0.15) is 17.7 Å². The Morgan fingerprint density at radius 1 is 1.21 bits per heavy atom. The van der Waals surface area contributed by atoms with Crippen molar-refractivity contribution in [2.75, 3.05) is 18.0 Å². The molecule has 7 heteroatoms. The third kappa shape index (κ3) is 3.75. The van der Waals surface area contributed by atoms with E-state index in [1.54, 1.807) is 18.6 Å². The standard InChI is InChI=1S/C21H26N6O/c1-3-17-13-18(25-20(24-17)15-6-8-22-9-7-15)27-11-4-5-16(14-27)19(28)21-23-10-12-26(21)2/h6-10,12-13,16,19,28H,3-5,11,14H2,1-2H3. The average molecular weight is 378 g/mol. The van der Waals surface area contributed by atoms with E-state index in [4.69, 9.17) is 9.97 Å². The van der Waals surface area contributed by atoms with Crippen LogP contribution in [0.5, 0.6) is 0 Å². The van der Waals surface area contributed by atoms with Crippen molar-refractivity contribution in [2.24, 2.45) is 13.0 Å². The van der Waals surface area contributed by atoms with Crippen LogP contribution in [0.2, 0.25) is 0 Å². The van der Waals surface area contributed by atoms with Crippen LogP contribution in [0.1, 0.15) is 37.4 Å². The van der Waals surface area contributed by atoms with Crippen LogP contribution in [-0.2, 0) is 13.5 Å². The van der Waals surface area contributed by atoms with Crippen LogP contribution in [0.3, 0.4) is 0 Å². The minimum atomic E-state index is -0.574. The number of anilines is 1. The molecule has 2 unspecified atom stereocenters. The Morgan fingerprint density at radius 3 is 2.75 bits per heavy atom. The maximum Gasteiger partial charge on any atom is 0.161 e. The maximum absolute atomic E-state index is 10.9. The summed E-state index contributed by atoms with van der Waals surface area (Å²) in [4.78, 5) is 20.2. The number of aliphatic hydroxyl groups is 1. The number of pyridine rings is 1. The molecule has 1 N–H and O–H groups in total. The lowest BCUT2D eigenvalue weighted by Gasteiger charge is -2.35. The van der Waals surface area contributed by atoms with Crippen LogP contribution in [0, 0.1) is 5.92 Å². The van der Waals surface area contributed by atoms with Crippen LogP contribution in [0.4, 0.5) is 5.82 Å². The Hall–Kier alpha value is -2.80. The van der Waals surface area contributed by atoms with Gasteiger partial charge < -0.3 is 14.6 Å². The molecule has 3 aromatic rings. The van der Waals surface area contributed by atoms with Gasteiger partial charge in [0.15, 0.2) is 5.82 Å². The van der Waals surface area contributed by atoms with Crippen molar-refractivity contribution in [2.45, 2.75) is 32.3 Å². The molecule has 28 heavy (non-hydrogen) atoms. The minimum absolute atomic E-state index is 0.124. The number of nitrogens with zero attached hydrogens (tertiary/aromatic N) is 6. The van der Waals surface area contributed by atoms with Crippen molar-refractivity contribution in [1.82, 2.24) is 24.5 Å². The average Bonchev–Trinajstić information content (AvgIpc) is 3.19. The Balaban J connectivity index is 1.60. The lowest BCUT2D eigenvalue weighted by Crippen LogP contribution is -2.39. The quantitative estimate of drug-likeness (QED) is 0.735. The second-order valence-electron chi connectivity index (χ2n) is 7.32. The number of aromatic nitrogens is 5. The van der Waals surface area contributed by atoms with E-state index in [1.165, 1.54) is 0 Å². The first kappa shape index (κ1) is 18.6. The number of hydrogen-bond donors (Lipinski definition) is 1. The SMILES string of the molecule is CCc1cc(N2CCCC(C(O)c3nccn3C)C2)nc(-c2ccncc2)n1. The number of aliphatic hydroxyl groups excluding tert-OH is 1. The fraction of sp³-hybridized carbons (Fsp3) is 0.429. The van der Waals surface area contributed by atoms with Crippen molar-refractivity contribution in [3.8, 4) is 11.4 Å². The fourth-order valence-corrected chi connectivity index (χ4v) is 3.81. The zero-order valence-corrected chi connectivity index (χ0v) is 16.4. The van der Waals surface area contributed by atoms with Gasteiger partial charge in [-0.1, -0.05) is 6.92 Å². The van der Waals surface area contributed by atoms with E-state index in [2.05, 4.69) is 27.9 Å².